The standard InChI is InChI=1S/C30H39ClN4O2/c1-3-4-5-6-7-8-9-14-28(36)34-21-19-33(20-22-34)23(2)29-32-27-13-11-10-12-26(27)30(37)35(29)25-17-15-24(31)16-18-25/h10-13,15-18,23H,3-9,14,19-22H2,1-2H3. The van der Waals surface area contributed by atoms with Crippen molar-refractivity contribution in [2.75, 3.05) is 26.2 Å². The molecule has 1 fully saturated rings. The van der Waals surface area contributed by atoms with Gasteiger partial charge in [-0.05, 0) is 49.7 Å². The summed E-state index contributed by atoms with van der Waals surface area (Å²) in [6.45, 7) is 7.26. The molecule has 37 heavy (non-hydrogen) atoms. The fourth-order valence-electron chi connectivity index (χ4n) is 5.18. The number of amides is 1. The molecule has 1 aromatic heterocycles. The summed E-state index contributed by atoms with van der Waals surface area (Å²) >= 11 is 6.12. The van der Waals surface area contributed by atoms with E-state index in [1.165, 1.54) is 32.1 Å². The van der Waals surface area contributed by atoms with E-state index in [2.05, 4.69) is 18.7 Å². The predicted molar refractivity (Wildman–Crippen MR) is 152 cm³/mol. The maximum atomic E-state index is 13.6. The van der Waals surface area contributed by atoms with Crippen LogP contribution in [0.25, 0.3) is 16.6 Å². The highest BCUT2D eigenvalue weighted by Crippen LogP contribution is 2.25. The van der Waals surface area contributed by atoms with Gasteiger partial charge in [-0.15, -0.1) is 0 Å². The Morgan fingerprint density at radius 1 is 0.919 bits per heavy atom. The summed E-state index contributed by atoms with van der Waals surface area (Å²) in [6.07, 6.45) is 9.16. The molecule has 0 aliphatic carbocycles. The second kappa shape index (κ2) is 13.2. The molecule has 1 aliphatic heterocycles. The molecule has 4 rings (SSSR count). The number of nitrogens with zero attached hydrogens (tertiary/aromatic N) is 4. The Morgan fingerprint density at radius 3 is 2.27 bits per heavy atom. The lowest BCUT2D eigenvalue weighted by atomic mass is 10.1. The molecule has 2 aromatic carbocycles. The van der Waals surface area contributed by atoms with Crippen molar-refractivity contribution in [2.24, 2.45) is 0 Å². The number of benzene rings is 2. The van der Waals surface area contributed by atoms with Gasteiger partial charge in [-0.25, -0.2) is 4.98 Å². The summed E-state index contributed by atoms with van der Waals surface area (Å²) in [7, 11) is 0. The molecular formula is C30H39ClN4O2. The minimum absolute atomic E-state index is 0.0849. The van der Waals surface area contributed by atoms with Crippen molar-refractivity contribution in [1.82, 2.24) is 19.4 Å². The third kappa shape index (κ3) is 6.79. The number of aromatic nitrogens is 2. The topological polar surface area (TPSA) is 58.4 Å². The van der Waals surface area contributed by atoms with Crippen LogP contribution in [0.1, 0.15) is 77.1 Å². The van der Waals surface area contributed by atoms with Gasteiger partial charge >= 0.3 is 0 Å². The zero-order chi connectivity index (χ0) is 26.2. The van der Waals surface area contributed by atoms with Crippen molar-refractivity contribution in [3.05, 3.63) is 69.7 Å². The molecule has 6 nitrogen and oxygen atoms in total. The van der Waals surface area contributed by atoms with Crippen LogP contribution in [-0.2, 0) is 4.79 Å². The van der Waals surface area contributed by atoms with Crippen LogP contribution in [0.5, 0.6) is 0 Å². The highest BCUT2D eigenvalue weighted by molar-refractivity contribution is 6.30. The normalized spacial score (nSPS) is 15.3. The van der Waals surface area contributed by atoms with Gasteiger partial charge in [0.05, 0.1) is 22.6 Å². The van der Waals surface area contributed by atoms with E-state index >= 15 is 0 Å². The van der Waals surface area contributed by atoms with Gasteiger partial charge in [0.25, 0.3) is 5.56 Å². The molecule has 2 heterocycles. The molecule has 0 N–H and O–H groups in total. The van der Waals surface area contributed by atoms with Gasteiger partial charge in [0.1, 0.15) is 5.82 Å². The van der Waals surface area contributed by atoms with E-state index in [9.17, 15) is 9.59 Å². The summed E-state index contributed by atoms with van der Waals surface area (Å²) in [6, 6.07) is 14.7. The number of halogens is 1. The Kier molecular flexibility index (Phi) is 9.75. The van der Waals surface area contributed by atoms with Gasteiger partial charge < -0.3 is 4.90 Å². The summed E-state index contributed by atoms with van der Waals surface area (Å²) < 4.78 is 1.71. The van der Waals surface area contributed by atoms with Crippen LogP contribution in [0.2, 0.25) is 5.02 Å². The number of para-hydroxylation sites is 1. The number of unbranched alkanes of at least 4 members (excludes halogenated alkanes) is 6. The molecule has 1 atom stereocenters. The molecule has 0 saturated carbocycles. The molecule has 1 amide bonds. The van der Waals surface area contributed by atoms with Crippen molar-refractivity contribution in [3.8, 4) is 5.69 Å². The first-order valence-electron chi connectivity index (χ1n) is 13.8. The minimum Gasteiger partial charge on any atom is -0.340 e. The molecule has 0 bridgehead atoms. The van der Waals surface area contributed by atoms with Crippen LogP contribution in [0, 0.1) is 0 Å². The highest BCUT2D eigenvalue weighted by atomic mass is 35.5. The average Bonchev–Trinajstić information content (AvgIpc) is 2.93. The molecule has 1 unspecified atom stereocenters. The molecule has 3 aromatic rings. The summed E-state index contributed by atoms with van der Waals surface area (Å²) in [5, 5.41) is 1.21. The Morgan fingerprint density at radius 2 is 1.57 bits per heavy atom. The Balaban J connectivity index is 1.43. The smallest absolute Gasteiger partial charge is 0.266 e. The number of carbonyl (C=O) groups excluding carboxylic acids is 1. The maximum absolute atomic E-state index is 13.6. The molecule has 7 heteroatoms. The second-order valence-corrected chi connectivity index (χ2v) is 10.5. The lowest BCUT2D eigenvalue weighted by Crippen LogP contribution is -2.49. The Labute approximate surface area is 225 Å². The van der Waals surface area contributed by atoms with Gasteiger partial charge in [0.2, 0.25) is 5.91 Å². The van der Waals surface area contributed by atoms with E-state index in [4.69, 9.17) is 16.6 Å². The van der Waals surface area contributed by atoms with E-state index in [-0.39, 0.29) is 17.5 Å². The number of hydrogen-bond acceptors (Lipinski definition) is 4. The quantitative estimate of drug-likeness (QED) is 0.274. The number of carbonyl (C=O) groups is 1. The lowest BCUT2D eigenvalue weighted by molar-refractivity contribution is -0.133. The SMILES string of the molecule is CCCCCCCCCC(=O)N1CCN(C(C)c2nc3ccccc3c(=O)n2-c2ccc(Cl)cc2)CC1. The molecule has 0 spiro atoms. The first-order chi connectivity index (χ1) is 18.0. The van der Waals surface area contributed by atoms with E-state index in [0.29, 0.717) is 41.3 Å². The maximum Gasteiger partial charge on any atom is 0.266 e. The Bertz CT molecular complexity index is 1230. The van der Waals surface area contributed by atoms with Crippen molar-refractivity contribution in [2.45, 2.75) is 71.3 Å². The predicted octanol–water partition coefficient (Wildman–Crippen LogP) is 6.39. The van der Waals surface area contributed by atoms with Gasteiger partial charge in [0, 0.05) is 37.6 Å². The zero-order valence-corrected chi connectivity index (χ0v) is 22.9. The number of rotatable bonds is 11. The molecule has 198 valence electrons. The van der Waals surface area contributed by atoms with Crippen LogP contribution in [0.15, 0.2) is 53.3 Å². The first-order valence-corrected chi connectivity index (χ1v) is 14.2. The first kappa shape index (κ1) is 27.3. The summed E-state index contributed by atoms with van der Waals surface area (Å²) in [4.78, 5) is 35.6. The van der Waals surface area contributed by atoms with Crippen molar-refractivity contribution < 1.29 is 4.79 Å². The summed E-state index contributed by atoms with van der Waals surface area (Å²) in [5.41, 5.74) is 1.36. The fraction of sp³-hybridized carbons (Fsp3) is 0.500. The lowest BCUT2D eigenvalue weighted by Gasteiger charge is -2.38. The van der Waals surface area contributed by atoms with E-state index in [0.717, 1.165) is 31.6 Å². The van der Waals surface area contributed by atoms with Crippen LogP contribution < -0.4 is 5.56 Å². The average molecular weight is 523 g/mol. The summed E-state index contributed by atoms with van der Waals surface area (Å²) in [5.74, 6) is 0.969. The van der Waals surface area contributed by atoms with Crippen LogP contribution in [0.3, 0.4) is 0 Å². The Hall–Kier alpha value is -2.70. The van der Waals surface area contributed by atoms with E-state index < -0.39 is 0 Å². The van der Waals surface area contributed by atoms with Crippen LogP contribution in [0.4, 0.5) is 0 Å². The molecule has 1 aliphatic rings. The highest BCUT2D eigenvalue weighted by Gasteiger charge is 2.28. The molecule has 0 radical (unpaired) electrons. The number of fused-ring (bicyclic) bond motifs is 1. The third-order valence-corrected chi connectivity index (χ3v) is 7.72. The third-order valence-electron chi connectivity index (χ3n) is 7.47. The zero-order valence-electron chi connectivity index (χ0n) is 22.2. The van der Waals surface area contributed by atoms with Crippen molar-refractivity contribution >= 4 is 28.4 Å². The minimum atomic E-state index is -0.0895. The van der Waals surface area contributed by atoms with Crippen LogP contribution >= 0.6 is 11.6 Å². The van der Waals surface area contributed by atoms with Crippen molar-refractivity contribution in [1.29, 1.82) is 0 Å². The van der Waals surface area contributed by atoms with Gasteiger partial charge in [-0.3, -0.25) is 19.1 Å². The fourth-order valence-corrected chi connectivity index (χ4v) is 5.31. The number of piperazine rings is 1. The number of hydrogen-bond donors (Lipinski definition) is 0. The second-order valence-electron chi connectivity index (χ2n) is 10.1. The monoisotopic (exact) mass is 522 g/mol. The van der Waals surface area contributed by atoms with Gasteiger partial charge in [-0.2, -0.15) is 0 Å². The largest absolute Gasteiger partial charge is 0.340 e. The van der Waals surface area contributed by atoms with Crippen molar-refractivity contribution in [3.63, 3.8) is 0 Å². The van der Waals surface area contributed by atoms with Gasteiger partial charge in [0.15, 0.2) is 0 Å². The van der Waals surface area contributed by atoms with E-state index in [1.807, 2.05) is 41.3 Å². The van der Waals surface area contributed by atoms with Crippen LogP contribution in [-0.4, -0.2) is 51.4 Å². The molecular weight excluding hydrogens is 484 g/mol. The van der Waals surface area contributed by atoms with E-state index in [1.54, 1.807) is 16.7 Å². The van der Waals surface area contributed by atoms with Gasteiger partial charge in [-0.1, -0.05) is 69.2 Å². The molecule has 1 saturated heterocycles.